The minimum absolute atomic E-state index is 0.0872. The van der Waals surface area contributed by atoms with Crippen LogP contribution in [0.3, 0.4) is 0 Å². The van der Waals surface area contributed by atoms with Crippen molar-refractivity contribution in [3.05, 3.63) is 29.8 Å². The van der Waals surface area contributed by atoms with E-state index in [-0.39, 0.29) is 6.29 Å². The van der Waals surface area contributed by atoms with E-state index in [1.165, 1.54) is 37.7 Å². The molecule has 0 aromatic heterocycles. The smallest absolute Gasteiger partial charge is 0.200 e. The first-order valence-corrected chi connectivity index (χ1v) is 7.63. The third kappa shape index (κ3) is 4.87. The highest BCUT2D eigenvalue weighted by atomic mass is 16.7. The van der Waals surface area contributed by atoms with E-state index in [9.17, 15) is 0 Å². The highest BCUT2D eigenvalue weighted by Gasteiger charge is 2.20. The van der Waals surface area contributed by atoms with E-state index in [1.807, 2.05) is 19.1 Å². The Balaban J connectivity index is 1.89. The van der Waals surface area contributed by atoms with Crippen LogP contribution in [0, 0.1) is 12.8 Å². The number of rotatable bonds is 6. The summed E-state index contributed by atoms with van der Waals surface area (Å²) in [6, 6.07) is 8.22. The van der Waals surface area contributed by atoms with E-state index in [4.69, 9.17) is 9.47 Å². The molecule has 0 spiro atoms. The molecule has 1 aromatic rings. The van der Waals surface area contributed by atoms with Gasteiger partial charge in [-0.05, 0) is 31.9 Å². The van der Waals surface area contributed by atoms with Gasteiger partial charge in [-0.15, -0.1) is 0 Å². The van der Waals surface area contributed by atoms with Crippen LogP contribution in [0.5, 0.6) is 5.75 Å². The topological polar surface area (TPSA) is 18.5 Å². The molecule has 1 unspecified atom stereocenters. The molecule has 0 bridgehead atoms. The number of hydrogen-bond donors (Lipinski definition) is 0. The highest BCUT2D eigenvalue weighted by molar-refractivity contribution is 5.26. The molecule has 1 atom stereocenters. The van der Waals surface area contributed by atoms with Crippen LogP contribution in [0.25, 0.3) is 0 Å². The molecule has 1 aliphatic rings. The molecule has 1 aliphatic carbocycles. The van der Waals surface area contributed by atoms with Gasteiger partial charge in [-0.1, -0.05) is 49.8 Å². The van der Waals surface area contributed by atoms with E-state index in [0.29, 0.717) is 6.61 Å². The van der Waals surface area contributed by atoms with Gasteiger partial charge in [-0.25, -0.2) is 0 Å². The summed E-state index contributed by atoms with van der Waals surface area (Å²) >= 11 is 0. The minimum Gasteiger partial charge on any atom is -0.465 e. The van der Waals surface area contributed by atoms with Crippen molar-refractivity contribution in [3.63, 3.8) is 0 Å². The summed E-state index contributed by atoms with van der Waals surface area (Å²) in [5.41, 5.74) is 1.26. The van der Waals surface area contributed by atoms with Crippen LogP contribution in [-0.4, -0.2) is 12.9 Å². The Morgan fingerprint density at radius 3 is 2.42 bits per heavy atom. The van der Waals surface area contributed by atoms with Crippen LogP contribution in [0.1, 0.15) is 51.0 Å². The molecule has 0 radical (unpaired) electrons. The molecular formula is C17H26O2. The predicted molar refractivity (Wildman–Crippen MR) is 78.4 cm³/mol. The Morgan fingerprint density at radius 2 is 1.79 bits per heavy atom. The molecule has 0 saturated heterocycles. The van der Waals surface area contributed by atoms with Crippen LogP contribution in [0.4, 0.5) is 0 Å². The van der Waals surface area contributed by atoms with Crippen molar-refractivity contribution >= 4 is 0 Å². The normalized spacial score (nSPS) is 18.2. The zero-order chi connectivity index (χ0) is 13.5. The molecule has 19 heavy (non-hydrogen) atoms. The van der Waals surface area contributed by atoms with Crippen molar-refractivity contribution in [2.45, 2.75) is 58.7 Å². The van der Waals surface area contributed by atoms with E-state index >= 15 is 0 Å². The van der Waals surface area contributed by atoms with E-state index < -0.39 is 0 Å². The summed E-state index contributed by atoms with van der Waals surface area (Å²) in [5, 5.41) is 0. The maximum absolute atomic E-state index is 5.99. The molecule has 1 saturated carbocycles. The molecule has 1 fully saturated rings. The van der Waals surface area contributed by atoms with Crippen molar-refractivity contribution < 1.29 is 9.47 Å². The summed E-state index contributed by atoms with van der Waals surface area (Å²) < 4.78 is 11.7. The van der Waals surface area contributed by atoms with Crippen molar-refractivity contribution in [3.8, 4) is 5.75 Å². The van der Waals surface area contributed by atoms with Crippen LogP contribution in [-0.2, 0) is 4.74 Å². The SMILES string of the molecule is CCOC(CC1CCCCC1)Oc1ccc(C)cc1. The number of aryl methyl sites for hydroxylation is 1. The molecule has 106 valence electrons. The first kappa shape index (κ1) is 14.4. The second kappa shape index (κ2) is 7.54. The molecule has 2 nitrogen and oxygen atoms in total. The highest BCUT2D eigenvalue weighted by Crippen LogP contribution is 2.29. The molecule has 0 amide bonds. The second-order valence-electron chi connectivity index (χ2n) is 5.56. The molecule has 2 rings (SSSR count). The maximum Gasteiger partial charge on any atom is 0.200 e. The molecule has 2 heteroatoms. The summed E-state index contributed by atoms with van der Waals surface area (Å²) in [4.78, 5) is 0. The van der Waals surface area contributed by atoms with Gasteiger partial charge in [0.05, 0.1) is 0 Å². The zero-order valence-electron chi connectivity index (χ0n) is 12.2. The standard InChI is InChI=1S/C17H26O2/c1-3-18-17(13-15-7-5-4-6-8-15)19-16-11-9-14(2)10-12-16/h9-12,15,17H,3-8,13H2,1-2H3. The summed E-state index contributed by atoms with van der Waals surface area (Å²) in [5.74, 6) is 1.69. The third-order valence-corrected chi connectivity index (χ3v) is 3.89. The van der Waals surface area contributed by atoms with Crippen LogP contribution >= 0.6 is 0 Å². The van der Waals surface area contributed by atoms with Crippen LogP contribution in [0.15, 0.2) is 24.3 Å². The molecular weight excluding hydrogens is 236 g/mol. The van der Waals surface area contributed by atoms with Crippen molar-refractivity contribution in [1.82, 2.24) is 0 Å². The average Bonchev–Trinajstić information content (AvgIpc) is 2.43. The maximum atomic E-state index is 5.99. The van der Waals surface area contributed by atoms with Crippen molar-refractivity contribution in [1.29, 1.82) is 0 Å². The lowest BCUT2D eigenvalue weighted by molar-refractivity contribution is -0.0902. The van der Waals surface area contributed by atoms with Gasteiger partial charge in [-0.3, -0.25) is 0 Å². The van der Waals surface area contributed by atoms with Crippen molar-refractivity contribution in [2.75, 3.05) is 6.61 Å². The molecule has 0 aliphatic heterocycles. The fourth-order valence-corrected chi connectivity index (χ4v) is 2.80. The van der Waals surface area contributed by atoms with E-state index in [2.05, 4.69) is 19.1 Å². The Hall–Kier alpha value is -1.02. The van der Waals surface area contributed by atoms with Crippen LogP contribution < -0.4 is 4.74 Å². The van der Waals surface area contributed by atoms with Gasteiger partial charge >= 0.3 is 0 Å². The monoisotopic (exact) mass is 262 g/mol. The quantitative estimate of drug-likeness (QED) is 0.691. The van der Waals surface area contributed by atoms with Crippen molar-refractivity contribution in [2.24, 2.45) is 5.92 Å². The zero-order valence-corrected chi connectivity index (χ0v) is 12.2. The first-order valence-electron chi connectivity index (χ1n) is 7.63. The average molecular weight is 262 g/mol. The lowest BCUT2D eigenvalue weighted by atomic mass is 9.87. The number of ether oxygens (including phenoxy) is 2. The van der Waals surface area contributed by atoms with Gasteiger partial charge in [0.15, 0.2) is 6.29 Å². The van der Waals surface area contributed by atoms with Gasteiger partial charge in [0.1, 0.15) is 5.75 Å². The predicted octanol–water partition coefficient (Wildman–Crippen LogP) is 4.71. The largest absolute Gasteiger partial charge is 0.465 e. The van der Waals surface area contributed by atoms with Gasteiger partial charge < -0.3 is 9.47 Å². The molecule has 1 aromatic carbocycles. The molecule has 0 heterocycles. The number of benzene rings is 1. The van der Waals surface area contributed by atoms with E-state index in [0.717, 1.165) is 18.1 Å². The summed E-state index contributed by atoms with van der Waals surface area (Å²) in [6.45, 7) is 4.83. The van der Waals surface area contributed by atoms with Gasteiger partial charge in [0, 0.05) is 13.0 Å². The van der Waals surface area contributed by atoms with Gasteiger partial charge in [-0.2, -0.15) is 0 Å². The van der Waals surface area contributed by atoms with Gasteiger partial charge in [0.2, 0.25) is 0 Å². The van der Waals surface area contributed by atoms with E-state index in [1.54, 1.807) is 0 Å². The number of hydrogen-bond acceptors (Lipinski definition) is 2. The molecule has 0 N–H and O–H groups in total. The van der Waals surface area contributed by atoms with Crippen LogP contribution in [0.2, 0.25) is 0 Å². The second-order valence-corrected chi connectivity index (χ2v) is 5.56. The Labute approximate surface area is 117 Å². The summed E-state index contributed by atoms with van der Waals surface area (Å²) in [7, 11) is 0. The minimum atomic E-state index is -0.0872. The lowest BCUT2D eigenvalue weighted by Gasteiger charge is -2.26. The Kier molecular flexibility index (Phi) is 5.71. The lowest BCUT2D eigenvalue weighted by Crippen LogP contribution is -2.25. The fraction of sp³-hybridized carbons (Fsp3) is 0.647. The summed E-state index contributed by atoms with van der Waals surface area (Å²) in [6.07, 6.45) is 7.75. The first-order chi connectivity index (χ1) is 9.28. The Bertz CT molecular complexity index is 352. The third-order valence-electron chi connectivity index (χ3n) is 3.89. The fourth-order valence-electron chi connectivity index (χ4n) is 2.80. The Morgan fingerprint density at radius 1 is 1.11 bits per heavy atom. The van der Waals surface area contributed by atoms with Gasteiger partial charge in [0.25, 0.3) is 0 Å².